The molecule has 3 nitrogen and oxygen atoms in total. The first-order chi connectivity index (χ1) is 8.92. The van der Waals surface area contributed by atoms with Crippen LogP contribution >= 0.6 is 0 Å². The molecule has 0 saturated heterocycles. The van der Waals surface area contributed by atoms with Gasteiger partial charge in [-0.2, -0.15) is 0 Å². The zero-order valence-corrected chi connectivity index (χ0v) is 14.7. The monoisotopic (exact) mass is 296 g/mol. The van der Waals surface area contributed by atoms with Crippen LogP contribution in [0.3, 0.4) is 0 Å². The van der Waals surface area contributed by atoms with E-state index in [0.717, 1.165) is 12.8 Å². The lowest BCUT2D eigenvalue weighted by Gasteiger charge is -2.21. The summed E-state index contributed by atoms with van der Waals surface area (Å²) in [5.74, 6) is 2.61. The summed E-state index contributed by atoms with van der Waals surface area (Å²) in [5, 5.41) is 9.90. The Morgan fingerprint density at radius 2 is 1.90 bits per heavy atom. The maximum atomic E-state index is 11.7. The molecule has 0 bridgehead atoms. The third-order valence-corrected chi connectivity index (χ3v) is 3.23. The Bertz CT molecular complexity index is 402. The van der Waals surface area contributed by atoms with E-state index < -0.39 is 25.7 Å². The first-order valence-corrected chi connectivity index (χ1v) is 10.5. The minimum atomic E-state index is -1.32. The Morgan fingerprint density at radius 3 is 2.35 bits per heavy atom. The summed E-state index contributed by atoms with van der Waals surface area (Å²) < 4.78 is 5.17. The highest BCUT2D eigenvalue weighted by Gasteiger charge is 2.22. The van der Waals surface area contributed by atoms with Crippen LogP contribution < -0.4 is 0 Å². The van der Waals surface area contributed by atoms with E-state index in [4.69, 9.17) is 4.74 Å². The number of unbranched alkanes of at least 4 members (excludes halogenated alkanes) is 1. The Kier molecular flexibility index (Phi) is 7.25. The van der Waals surface area contributed by atoms with E-state index in [1.54, 1.807) is 20.8 Å². The predicted octanol–water partition coefficient (Wildman–Crippen LogP) is 3.30. The fourth-order valence-corrected chi connectivity index (χ4v) is 2.02. The van der Waals surface area contributed by atoms with Crippen LogP contribution in [0.4, 0.5) is 0 Å². The molecule has 0 heterocycles. The van der Waals surface area contributed by atoms with Crippen LogP contribution in [0.2, 0.25) is 19.6 Å². The average Bonchev–Trinajstić information content (AvgIpc) is 2.23. The predicted molar refractivity (Wildman–Crippen MR) is 86.0 cm³/mol. The van der Waals surface area contributed by atoms with E-state index in [1.807, 2.05) is 0 Å². The number of hydrogen-bond acceptors (Lipinski definition) is 3. The standard InChI is InChI=1S/C16H28O3Si/c1-13(15(18)19-16(2,3)4)14(17)11-9-8-10-12-20(5,6)7/h14,17H,1,8-9,11H2,2-7H3. The van der Waals surface area contributed by atoms with E-state index >= 15 is 0 Å². The molecule has 114 valence electrons. The maximum absolute atomic E-state index is 11.7. The van der Waals surface area contributed by atoms with Gasteiger partial charge in [-0.1, -0.05) is 26.2 Å². The van der Waals surface area contributed by atoms with Crippen molar-refractivity contribution in [1.82, 2.24) is 0 Å². The summed E-state index contributed by atoms with van der Waals surface area (Å²) in [6.45, 7) is 15.6. The van der Waals surface area contributed by atoms with Crippen molar-refractivity contribution in [2.45, 2.75) is 71.4 Å². The largest absolute Gasteiger partial charge is 0.457 e. The Labute approximate surface area is 124 Å². The van der Waals surface area contributed by atoms with Gasteiger partial charge in [-0.15, -0.1) is 11.5 Å². The highest BCUT2D eigenvalue weighted by atomic mass is 28.3. The molecule has 0 saturated carbocycles. The van der Waals surface area contributed by atoms with Crippen LogP contribution in [0.5, 0.6) is 0 Å². The molecule has 0 radical (unpaired) electrons. The summed E-state index contributed by atoms with van der Waals surface area (Å²) in [5.41, 5.74) is 2.83. The topological polar surface area (TPSA) is 46.5 Å². The molecule has 0 amide bonds. The van der Waals surface area contributed by atoms with Crippen molar-refractivity contribution < 1.29 is 14.6 Å². The van der Waals surface area contributed by atoms with Gasteiger partial charge in [0.1, 0.15) is 13.7 Å². The molecule has 0 rings (SSSR count). The first kappa shape index (κ1) is 18.9. The summed E-state index contributed by atoms with van der Waals surface area (Å²) in [7, 11) is -1.32. The zero-order chi connectivity index (χ0) is 16.0. The number of esters is 1. The molecular weight excluding hydrogens is 268 g/mol. The van der Waals surface area contributed by atoms with Gasteiger partial charge in [0, 0.05) is 6.42 Å². The van der Waals surface area contributed by atoms with Gasteiger partial charge in [-0.05, 0) is 33.6 Å². The van der Waals surface area contributed by atoms with E-state index in [1.165, 1.54) is 0 Å². The molecule has 1 atom stereocenters. The number of rotatable bonds is 5. The lowest BCUT2D eigenvalue weighted by molar-refractivity contribution is -0.151. The van der Waals surface area contributed by atoms with Crippen molar-refractivity contribution in [2.75, 3.05) is 0 Å². The van der Waals surface area contributed by atoms with Gasteiger partial charge >= 0.3 is 5.97 Å². The van der Waals surface area contributed by atoms with Gasteiger partial charge in [0.2, 0.25) is 0 Å². The lowest BCUT2D eigenvalue weighted by Crippen LogP contribution is -2.28. The lowest BCUT2D eigenvalue weighted by atomic mass is 10.1. The fraction of sp³-hybridized carbons (Fsp3) is 0.688. The molecule has 0 aromatic carbocycles. The molecule has 0 aliphatic heterocycles. The van der Waals surface area contributed by atoms with Gasteiger partial charge < -0.3 is 9.84 Å². The zero-order valence-electron chi connectivity index (χ0n) is 13.7. The highest BCUT2D eigenvalue weighted by Crippen LogP contribution is 2.15. The third kappa shape index (κ3) is 9.82. The first-order valence-electron chi connectivity index (χ1n) is 7.02. The van der Waals surface area contributed by atoms with Crippen LogP contribution in [0.15, 0.2) is 12.2 Å². The quantitative estimate of drug-likeness (QED) is 0.278. The van der Waals surface area contributed by atoms with E-state index in [9.17, 15) is 9.90 Å². The molecule has 0 aromatic rings. The second kappa shape index (κ2) is 7.66. The van der Waals surface area contributed by atoms with Gasteiger partial charge in [0.15, 0.2) is 0 Å². The van der Waals surface area contributed by atoms with Crippen LogP contribution in [0.1, 0.15) is 40.0 Å². The van der Waals surface area contributed by atoms with Gasteiger partial charge in [0.25, 0.3) is 0 Å². The molecule has 0 aliphatic rings. The van der Waals surface area contributed by atoms with Crippen LogP contribution in [0, 0.1) is 11.5 Å². The molecule has 4 heteroatoms. The second-order valence-electron chi connectivity index (χ2n) is 6.99. The number of aliphatic hydroxyl groups excluding tert-OH is 1. The van der Waals surface area contributed by atoms with Gasteiger partial charge in [-0.3, -0.25) is 0 Å². The number of hydrogen-bond donors (Lipinski definition) is 1. The van der Waals surface area contributed by atoms with Crippen molar-refractivity contribution in [3.63, 3.8) is 0 Å². The molecule has 0 aliphatic carbocycles. The van der Waals surface area contributed by atoms with Crippen LogP contribution in [0.25, 0.3) is 0 Å². The smallest absolute Gasteiger partial charge is 0.336 e. The fourth-order valence-electron chi connectivity index (χ4n) is 1.37. The Hall–Kier alpha value is -1.05. The minimum Gasteiger partial charge on any atom is -0.457 e. The number of ether oxygens (including phenoxy) is 1. The Balaban J connectivity index is 4.15. The van der Waals surface area contributed by atoms with Crippen LogP contribution in [-0.4, -0.2) is 30.9 Å². The van der Waals surface area contributed by atoms with Gasteiger partial charge in [-0.25, -0.2) is 4.79 Å². The molecule has 0 aromatic heterocycles. The van der Waals surface area contributed by atoms with Crippen molar-refractivity contribution >= 4 is 14.0 Å². The van der Waals surface area contributed by atoms with Gasteiger partial charge in [0.05, 0.1) is 11.7 Å². The minimum absolute atomic E-state index is 0.123. The second-order valence-corrected chi connectivity index (χ2v) is 11.7. The highest BCUT2D eigenvalue weighted by molar-refractivity contribution is 6.83. The average molecular weight is 296 g/mol. The maximum Gasteiger partial charge on any atom is 0.336 e. The summed E-state index contributed by atoms with van der Waals surface area (Å²) in [4.78, 5) is 11.7. The number of aliphatic hydroxyl groups is 1. The molecule has 0 spiro atoms. The van der Waals surface area contributed by atoms with E-state index in [-0.39, 0.29) is 5.57 Å². The summed E-state index contributed by atoms with van der Waals surface area (Å²) in [6, 6.07) is 0. The SMILES string of the molecule is C=C(C(=O)OC(C)(C)C)C(O)CCCC#C[Si](C)(C)C. The summed E-state index contributed by atoms with van der Waals surface area (Å²) >= 11 is 0. The van der Waals surface area contributed by atoms with Crippen LogP contribution in [-0.2, 0) is 9.53 Å². The van der Waals surface area contributed by atoms with Crippen molar-refractivity contribution in [3.8, 4) is 11.5 Å². The van der Waals surface area contributed by atoms with E-state index in [2.05, 4.69) is 37.7 Å². The molecule has 0 fully saturated rings. The van der Waals surface area contributed by atoms with Crippen molar-refractivity contribution in [2.24, 2.45) is 0 Å². The van der Waals surface area contributed by atoms with E-state index in [0.29, 0.717) is 6.42 Å². The normalized spacial score (nSPS) is 13.2. The molecule has 1 N–H and O–H groups in total. The third-order valence-electron chi connectivity index (χ3n) is 2.31. The molecule has 1 unspecified atom stereocenters. The van der Waals surface area contributed by atoms with Crippen molar-refractivity contribution in [1.29, 1.82) is 0 Å². The summed E-state index contributed by atoms with van der Waals surface area (Å²) in [6.07, 6.45) is 1.13. The number of carbonyl (C=O) groups is 1. The molecule has 20 heavy (non-hydrogen) atoms. The Morgan fingerprint density at radius 1 is 1.35 bits per heavy atom. The van der Waals surface area contributed by atoms with Crippen molar-refractivity contribution in [3.05, 3.63) is 12.2 Å². The number of carbonyl (C=O) groups excluding carboxylic acids is 1. The molecular formula is C16H28O3Si.